The number of esters is 1. The maximum absolute atomic E-state index is 13.6. The van der Waals surface area contributed by atoms with Gasteiger partial charge in [-0.2, -0.15) is 0 Å². The Morgan fingerprint density at radius 2 is 1.61 bits per heavy atom. The summed E-state index contributed by atoms with van der Waals surface area (Å²) in [5.41, 5.74) is 8.08. The van der Waals surface area contributed by atoms with E-state index in [-0.39, 0.29) is 17.1 Å². The Morgan fingerprint density at radius 3 is 2.36 bits per heavy atom. The topological polar surface area (TPSA) is 110 Å². The lowest BCUT2D eigenvalue weighted by Gasteiger charge is -2.37. The molecule has 7 rings (SSSR count). The summed E-state index contributed by atoms with van der Waals surface area (Å²) in [7, 11) is 0. The number of carbonyl (C=O) groups is 2. The normalized spacial score (nSPS) is 17.3. The summed E-state index contributed by atoms with van der Waals surface area (Å²) in [5, 5.41) is 24.6. The smallest absolute Gasteiger partial charge is 0.340 e. The van der Waals surface area contributed by atoms with E-state index in [0.29, 0.717) is 44.2 Å². The molecule has 1 unspecified atom stereocenters. The summed E-state index contributed by atoms with van der Waals surface area (Å²) in [5.74, 6) is -1.55. The number of rotatable bonds is 1. The number of hydrogen-bond acceptors (Lipinski definition) is 5. The van der Waals surface area contributed by atoms with Gasteiger partial charge in [0, 0.05) is 33.0 Å². The predicted molar refractivity (Wildman–Crippen MR) is 135 cm³/mol. The molecule has 0 fully saturated rings. The van der Waals surface area contributed by atoms with Crippen LogP contribution >= 0.6 is 0 Å². The van der Waals surface area contributed by atoms with Crippen LogP contribution in [0.3, 0.4) is 0 Å². The molecule has 1 amide bonds. The summed E-state index contributed by atoms with van der Waals surface area (Å²) in [6, 6.07) is 21.7. The highest BCUT2D eigenvalue weighted by atomic mass is 16.6. The fourth-order valence-electron chi connectivity index (χ4n) is 6.06. The van der Waals surface area contributed by atoms with Gasteiger partial charge in [-0.15, -0.1) is 0 Å². The van der Waals surface area contributed by atoms with Crippen LogP contribution in [-0.2, 0) is 10.3 Å². The van der Waals surface area contributed by atoms with Crippen LogP contribution in [0.15, 0.2) is 72.8 Å². The number of aryl methyl sites for hydroxylation is 1. The molecule has 6 heteroatoms. The first-order chi connectivity index (χ1) is 17.3. The van der Waals surface area contributed by atoms with E-state index in [1.807, 2.05) is 42.5 Å². The summed E-state index contributed by atoms with van der Waals surface area (Å²) >= 11 is 0. The first kappa shape index (κ1) is 20.5. The Kier molecular flexibility index (Phi) is 3.78. The zero-order chi connectivity index (χ0) is 24.9. The molecule has 1 atom stereocenters. The lowest BCUT2D eigenvalue weighted by molar-refractivity contribution is 0.0145. The van der Waals surface area contributed by atoms with Crippen LogP contribution < -0.4 is 5.73 Å². The number of amides is 1. The molecule has 1 spiro atoms. The van der Waals surface area contributed by atoms with Crippen LogP contribution in [0, 0.1) is 6.92 Å². The largest absolute Gasteiger partial charge is 0.508 e. The summed E-state index contributed by atoms with van der Waals surface area (Å²) in [6.07, 6.45) is 0. The van der Waals surface area contributed by atoms with Gasteiger partial charge in [-0.05, 0) is 47.0 Å². The van der Waals surface area contributed by atoms with Crippen molar-refractivity contribution in [1.29, 1.82) is 0 Å². The number of primary amides is 1. The molecule has 174 valence electrons. The Bertz CT molecular complexity index is 1850. The van der Waals surface area contributed by atoms with Crippen LogP contribution in [0.1, 0.15) is 43.0 Å². The molecule has 0 aromatic heterocycles. The fourth-order valence-corrected chi connectivity index (χ4v) is 6.06. The first-order valence-electron chi connectivity index (χ1n) is 11.5. The molecule has 0 saturated heterocycles. The molecular formula is C30H19NO5. The zero-order valence-corrected chi connectivity index (χ0v) is 19.1. The lowest BCUT2D eigenvalue weighted by atomic mass is 9.76. The van der Waals surface area contributed by atoms with Gasteiger partial charge in [0.15, 0.2) is 5.60 Å². The Labute approximate surface area is 205 Å². The van der Waals surface area contributed by atoms with E-state index in [9.17, 15) is 19.8 Å². The van der Waals surface area contributed by atoms with E-state index < -0.39 is 17.5 Å². The van der Waals surface area contributed by atoms with Crippen LogP contribution in [0.25, 0.3) is 32.7 Å². The maximum atomic E-state index is 13.6. The molecule has 1 heterocycles. The number of nitrogens with two attached hydrogens (primary N) is 1. The van der Waals surface area contributed by atoms with E-state index in [1.165, 1.54) is 0 Å². The first-order valence-corrected chi connectivity index (χ1v) is 11.5. The van der Waals surface area contributed by atoms with Crippen molar-refractivity contribution in [2.75, 3.05) is 0 Å². The molecule has 36 heavy (non-hydrogen) atoms. The number of carbonyl (C=O) groups excluding carboxylic acids is 2. The van der Waals surface area contributed by atoms with Crippen molar-refractivity contribution in [3.8, 4) is 22.6 Å². The average molecular weight is 473 g/mol. The molecular weight excluding hydrogens is 454 g/mol. The number of hydrogen-bond donors (Lipinski definition) is 3. The van der Waals surface area contributed by atoms with Gasteiger partial charge in [-0.3, -0.25) is 4.79 Å². The minimum atomic E-state index is -1.43. The summed E-state index contributed by atoms with van der Waals surface area (Å²) in [6.45, 7) is 1.76. The SMILES string of the molecule is Cc1cc2c(cc1O)-c1c(C(N)=O)c(O)c3ccccc3c1C21OC(=O)c2cccc3cccc1c23. The number of phenols is 2. The summed E-state index contributed by atoms with van der Waals surface area (Å²) < 4.78 is 6.43. The standard InChI is InChI=1S/C30H19NO5/c1-14-12-21-19(13-22(14)32)24-25(28(31)34)27(33)17-9-3-2-8-16(17)26(24)30(21)20-11-5-7-15-6-4-10-18(23(15)20)29(35)36-30/h2-13,32-33H,1H3,(H2,31,34). The predicted octanol–water partition coefficient (Wildman–Crippen LogP) is 5.25. The molecule has 1 aliphatic heterocycles. The van der Waals surface area contributed by atoms with Crippen LogP contribution in [-0.4, -0.2) is 22.1 Å². The molecule has 0 radical (unpaired) electrons. The van der Waals surface area contributed by atoms with Gasteiger partial charge < -0.3 is 20.7 Å². The van der Waals surface area contributed by atoms with Crippen LogP contribution in [0.4, 0.5) is 0 Å². The molecule has 2 aliphatic rings. The van der Waals surface area contributed by atoms with Crippen molar-refractivity contribution in [1.82, 2.24) is 0 Å². The van der Waals surface area contributed by atoms with Crippen molar-refractivity contribution < 1.29 is 24.5 Å². The van der Waals surface area contributed by atoms with E-state index >= 15 is 0 Å². The Balaban J connectivity index is 1.80. The second-order valence-corrected chi connectivity index (χ2v) is 9.35. The van der Waals surface area contributed by atoms with Gasteiger partial charge >= 0.3 is 5.97 Å². The number of benzene rings is 5. The highest BCUT2D eigenvalue weighted by molar-refractivity contribution is 6.16. The minimum Gasteiger partial charge on any atom is -0.508 e. The molecule has 0 bridgehead atoms. The van der Waals surface area contributed by atoms with E-state index in [2.05, 4.69) is 0 Å². The number of aromatic hydroxyl groups is 2. The highest BCUT2D eigenvalue weighted by Crippen LogP contribution is 2.61. The van der Waals surface area contributed by atoms with Gasteiger partial charge in [0.2, 0.25) is 0 Å². The number of phenolic OH excluding ortho intramolecular Hbond substituents is 1. The van der Waals surface area contributed by atoms with E-state index in [0.717, 1.165) is 16.3 Å². The van der Waals surface area contributed by atoms with Crippen molar-refractivity contribution in [3.05, 3.63) is 106 Å². The molecule has 5 aromatic rings. The second kappa shape index (κ2) is 6.64. The third kappa shape index (κ3) is 2.26. The average Bonchev–Trinajstić information content (AvgIpc) is 3.12. The van der Waals surface area contributed by atoms with Crippen LogP contribution in [0.5, 0.6) is 11.5 Å². The van der Waals surface area contributed by atoms with Crippen molar-refractivity contribution >= 4 is 33.4 Å². The Hall–Kier alpha value is -4.84. The highest BCUT2D eigenvalue weighted by Gasteiger charge is 2.54. The number of fused-ring (bicyclic) bond motifs is 8. The lowest BCUT2D eigenvalue weighted by Crippen LogP contribution is -2.37. The second-order valence-electron chi connectivity index (χ2n) is 9.35. The molecule has 6 nitrogen and oxygen atoms in total. The molecule has 1 aliphatic carbocycles. The third-order valence-electron chi connectivity index (χ3n) is 7.52. The van der Waals surface area contributed by atoms with Gasteiger partial charge in [-0.1, -0.05) is 54.6 Å². The van der Waals surface area contributed by atoms with Crippen molar-refractivity contribution in [2.24, 2.45) is 5.73 Å². The monoisotopic (exact) mass is 473 g/mol. The van der Waals surface area contributed by atoms with Gasteiger partial charge in [0.1, 0.15) is 11.5 Å². The Morgan fingerprint density at radius 1 is 0.889 bits per heavy atom. The molecule has 4 N–H and O–H groups in total. The van der Waals surface area contributed by atoms with Crippen molar-refractivity contribution in [3.63, 3.8) is 0 Å². The van der Waals surface area contributed by atoms with E-state index in [1.54, 1.807) is 37.3 Å². The van der Waals surface area contributed by atoms with E-state index in [4.69, 9.17) is 10.5 Å². The molecule has 0 saturated carbocycles. The van der Waals surface area contributed by atoms with Gasteiger partial charge in [0.05, 0.1) is 11.1 Å². The third-order valence-corrected chi connectivity index (χ3v) is 7.52. The molecule has 5 aromatic carbocycles. The fraction of sp³-hybridized carbons (Fsp3) is 0.0667. The van der Waals surface area contributed by atoms with Gasteiger partial charge in [0.25, 0.3) is 5.91 Å². The quantitative estimate of drug-likeness (QED) is 0.288. The summed E-state index contributed by atoms with van der Waals surface area (Å²) in [4.78, 5) is 26.4. The minimum absolute atomic E-state index is 0.0144. The zero-order valence-electron chi connectivity index (χ0n) is 19.1. The maximum Gasteiger partial charge on any atom is 0.340 e. The van der Waals surface area contributed by atoms with Crippen molar-refractivity contribution in [2.45, 2.75) is 12.5 Å². The number of ether oxygens (including phenoxy) is 1. The van der Waals surface area contributed by atoms with Gasteiger partial charge in [-0.25, -0.2) is 4.79 Å². The van der Waals surface area contributed by atoms with Crippen LogP contribution in [0.2, 0.25) is 0 Å².